The van der Waals surface area contributed by atoms with Crippen LogP contribution in [-0.2, 0) is 15.8 Å². The van der Waals surface area contributed by atoms with Gasteiger partial charge in [-0.2, -0.15) is 13.2 Å². The second-order valence-electron chi connectivity index (χ2n) is 4.86. The van der Waals surface area contributed by atoms with Gasteiger partial charge in [-0.15, -0.1) is 0 Å². The topological polar surface area (TPSA) is 73.7 Å². The molecule has 0 unspecified atom stereocenters. The fourth-order valence-electron chi connectivity index (χ4n) is 2.26. The standard InChI is InChI=1S/C14H14F3N3O3/c15-14(16,17)10-2-1-5-18-13(10)20-8-6-19(7-9-20)11(21)3-4-12(22)23/h1-5H,6-9H2,(H,22,23). The van der Waals surface area contributed by atoms with Gasteiger partial charge in [-0.25, -0.2) is 9.78 Å². The predicted octanol–water partition coefficient (Wildman–Crippen LogP) is 1.39. The van der Waals surface area contributed by atoms with Gasteiger partial charge in [0.2, 0.25) is 5.91 Å². The number of anilines is 1. The first-order valence-electron chi connectivity index (χ1n) is 6.76. The number of rotatable bonds is 3. The number of amides is 1. The second kappa shape index (κ2) is 6.67. The third kappa shape index (κ3) is 4.21. The highest BCUT2D eigenvalue weighted by Crippen LogP contribution is 2.35. The number of nitrogens with zero attached hydrogens (tertiary/aromatic N) is 3. The Morgan fingerprint density at radius 1 is 1.17 bits per heavy atom. The molecule has 2 rings (SSSR count). The van der Waals surface area contributed by atoms with Crippen LogP contribution >= 0.6 is 0 Å². The number of carboxylic acids is 1. The van der Waals surface area contributed by atoms with Crippen LogP contribution in [0.2, 0.25) is 0 Å². The van der Waals surface area contributed by atoms with E-state index in [9.17, 15) is 22.8 Å². The summed E-state index contributed by atoms with van der Waals surface area (Å²) in [4.78, 5) is 28.8. The highest BCUT2D eigenvalue weighted by Gasteiger charge is 2.36. The second-order valence-corrected chi connectivity index (χ2v) is 4.86. The molecule has 1 N–H and O–H groups in total. The average molecular weight is 329 g/mol. The van der Waals surface area contributed by atoms with Crippen molar-refractivity contribution in [3.05, 3.63) is 36.0 Å². The highest BCUT2D eigenvalue weighted by molar-refractivity contribution is 5.94. The molecule has 2 heterocycles. The zero-order chi connectivity index (χ0) is 17.0. The first kappa shape index (κ1) is 16.8. The van der Waals surface area contributed by atoms with E-state index in [0.29, 0.717) is 0 Å². The van der Waals surface area contributed by atoms with Crippen molar-refractivity contribution in [2.24, 2.45) is 0 Å². The summed E-state index contributed by atoms with van der Waals surface area (Å²) in [6.07, 6.45) is -1.55. The van der Waals surface area contributed by atoms with Gasteiger partial charge in [0, 0.05) is 44.5 Å². The Bertz CT molecular complexity index is 623. The Morgan fingerprint density at radius 3 is 2.39 bits per heavy atom. The molecular weight excluding hydrogens is 315 g/mol. The van der Waals surface area contributed by atoms with Crippen LogP contribution in [0.25, 0.3) is 0 Å². The van der Waals surface area contributed by atoms with Gasteiger partial charge >= 0.3 is 12.1 Å². The number of pyridine rings is 1. The number of aromatic nitrogens is 1. The van der Waals surface area contributed by atoms with Gasteiger partial charge in [0.15, 0.2) is 0 Å². The van der Waals surface area contributed by atoms with Crippen molar-refractivity contribution >= 4 is 17.7 Å². The normalized spacial score (nSPS) is 16.0. The van der Waals surface area contributed by atoms with E-state index in [1.807, 2.05) is 0 Å². The van der Waals surface area contributed by atoms with Crippen LogP contribution in [0.3, 0.4) is 0 Å². The molecule has 1 amide bonds. The number of carbonyl (C=O) groups is 2. The quantitative estimate of drug-likeness (QED) is 0.849. The Kier molecular flexibility index (Phi) is 4.87. The largest absolute Gasteiger partial charge is 0.478 e. The number of carbonyl (C=O) groups excluding carboxylic acids is 1. The van der Waals surface area contributed by atoms with Crippen molar-refractivity contribution in [2.75, 3.05) is 31.1 Å². The fraction of sp³-hybridized carbons (Fsp3) is 0.357. The van der Waals surface area contributed by atoms with Gasteiger partial charge < -0.3 is 14.9 Å². The van der Waals surface area contributed by atoms with E-state index in [4.69, 9.17) is 5.11 Å². The number of hydrogen-bond acceptors (Lipinski definition) is 4. The molecule has 1 aliphatic heterocycles. The molecule has 23 heavy (non-hydrogen) atoms. The molecule has 1 aromatic rings. The molecule has 0 bridgehead atoms. The van der Waals surface area contributed by atoms with E-state index < -0.39 is 23.6 Å². The monoisotopic (exact) mass is 329 g/mol. The molecule has 0 aromatic carbocycles. The molecule has 1 fully saturated rings. The predicted molar refractivity (Wildman–Crippen MR) is 74.8 cm³/mol. The zero-order valence-electron chi connectivity index (χ0n) is 12.0. The SMILES string of the molecule is O=C(O)C=CC(=O)N1CCN(c2ncccc2C(F)(F)F)CC1. The Labute approximate surface area is 129 Å². The van der Waals surface area contributed by atoms with Crippen LogP contribution in [0.15, 0.2) is 30.5 Å². The lowest BCUT2D eigenvalue weighted by atomic mass is 10.2. The van der Waals surface area contributed by atoms with Crippen LogP contribution in [0.5, 0.6) is 0 Å². The smallest absolute Gasteiger partial charge is 0.419 e. The third-order valence-electron chi connectivity index (χ3n) is 3.35. The molecule has 0 saturated carbocycles. The number of aliphatic carboxylic acids is 1. The number of hydrogen-bond donors (Lipinski definition) is 1. The molecule has 0 atom stereocenters. The van der Waals surface area contributed by atoms with E-state index >= 15 is 0 Å². The molecule has 124 valence electrons. The van der Waals surface area contributed by atoms with E-state index in [1.54, 1.807) is 0 Å². The van der Waals surface area contributed by atoms with Gasteiger partial charge in [0.1, 0.15) is 5.82 Å². The summed E-state index contributed by atoms with van der Waals surface area (Å²) in [6.45, 7) is 0.757. The summed E-state index contributed by atoms with van der Waals surface area (Å²) in [5.41, 5.74) is -0.814. The van der Waals surface area contributed by atoms with E-state index in [2.05, 4.69) is 4.98 Å². The van der Waals surface area contributed by atoms with Crippen LogP contribution in [0.1, 0.15) is 5.56 Å². The Balaban J connectivity index is 2.06. The lowest BCUT2D eigenvalue weighted by Crippen LogP contribution is -2.49. The lowest BCUT2D eigenvalue weighted by Gasteiger charge is -2.35. The number of halogens is 3. The zero-order valence-corrected chi connectivity index (χ0v) is 12.0. The summed E-state index contributed by atoms with van der Waals surface area (Å²) < 4.78 is 39.0. The minimum Gasteiger partial charge on any atom is -0.478 e. The summed E-state index contributed by atoms with van der Waals surface area (Å²) in [7, 11) is 0. The summed E-state index contributed by atoms with van der Waals surface area (Å²) >= 11 is 0. The molecule has 1 aliphatic rings. The maximum Gasteiger partial charge on any atom is 0.419 e. The van der Waals surface area contributed by atoms with E-state index in [0.717, 1.165) is 18.2 Å². The van der Waals surface area contributed by atoms with Crippen molar-refractivity contribution in [3.63, 3.8) is 0 Å². The minimum atomic E-state index is -4.50. The van der Waals surface area contributed by atoms with Crippen LogP contribution in [-0.4, -0.2) is 53.0 Å². The van der Waals surface area contributed by atoms with Crippen molar-refractivity contribution < 1.29 is 27.9 Å². The van der Waals surface area contributed by atoms with E-state index in [1.165, 1.54) is 22.1 Å². The molecule has 0 spiro atoms. The van der Waals surface area contributed by atoms with Crippen molar-refractivity contribution in [1.82, 2.24) is 9.88 Å². The first-order valence-corrected chi connectivity index (χ1v) is 6.76. The number of carboxylic acid groups (broad SMARTS) is 1. The summed E-state index contributed by atoms with van der Waals surface area (Å²) in [5, 5.41) is 8.48. The molecule has 0 radical (unpaired) electrons. The van der Waals surface area contributed by atoms with Crippen LogP contribution in [0.4, 0.5) is 19.0 Å². The molecule has 6 nitrogen and oxygen atoms in total. The van der Waals surface area contributed by atoms with Gasteiger partial charge in [-0.3, -0.25) is 4.79 Å². The Hall–Kier alpha value is -2.58. The van der Waals surface area contributed by atoms with Gasteiger partial charge in [0.05, 0.1) is 5.56 Å². The summed E-state index contributed by atoms with van der Waals surface area (Å²) in [5.74, 6) is -1.88. The molecule has 1 saturated heterocycles. The maximum absolute atomic E-state index is 13.0. The van der Waals surface area contributed by atoms with Crippen molar-refractivity contribution in [2.45, 2.75) is 6.18 Å². The number of alkyl halides is 3. The maximum atomic E-state index is 13.0. The highest BCUT2D eigenvalue weighted by atomic mass is 19.4. The van der Waals surface area contributed by atoms with E-state index in [-0.39, 0.29) is 32.0 Å². The van der Waals surface area contributed by atoms with Crippen LogP contribution in [0, 0.1) is 0 Å². The van der Waals surface area contributed by atoms with Crippen molar-refractivity contribution in [3.8, 4) is 0 Å². The minimum absolute atomic E-state index is 0.159. The van der Waals surface area contributed by atoms with Crippen molar-refractivity contribution in [1.29, 1.82) is 0 Å². The van der Waals surface area contributed by atoms with Gasteiger partial charge in [-0.1, -0.05) is 0 Å². The first-order chi connectivity index (χ1) is 10.8. The third-order valence-corrected chi connectivity index (χ3v) is 3.35. The molecule has 1 aromatic heterocycles. The van der Waals surface area contributed by atoms with Crippen LogP contribution < -0.4 is 4.90 Å². The summed E-state index contributed by atoms with van der Waals surface area (Å²) in [6, 6.07) is 2.19. The van der Waals surface area contributed by atoms with Gasteiger partial charge in [-0.05, 0) is 12.1 Å². The average Bonchev–Trinajstić information content (AvgIpc) is 2.52. The fourth-order valence-corrected chi connectivity index (χ4v) is 2.26. The molecular formula is C14H14F3N3O3. The Morgan fingerprint density at radius 2 is 1.83 bits per heavy atom. The molecule has 9 heteroatoms. The number of piperazine rings is 1. The molecule has 0 aliphatic carbocycles. The lowest BCUT2D eigenvalue weighted by molar-refractivity contribution is -0.137. The van der Waals surface area contributed by atoms with Gasteiger partial charge in [0.25, 0.3) is 0 Å².